The van der Waals surface area contributed by atoms with E-state index >= 15 is 0 Å². The molecule has 1 saturated heterocycles. The number of hydrogen-bond donors (Lipinski definition) is 0. The Hall–Kier alpha value is -2.48. The second kappa shape index (κ2) is 26.4. The molecule has 7 nitrogen and oxygen atoms in total. The van der Waals surface area contributed by atoms with Gasteiger partial charge in [-0.05, 0) is 56.0 Å². The van der Waals surface area contributed by atoms with Gasteiger partial charge < -0.3 is 14.4 Å². The highest BCUT2D eigenvalue weighted by molar-refractivity contribution is 6.43. The third-order valence-corrected chi connectivity index (χ3v) is 11.9. The van der Waals surface area contributed by atoms with E-state index < -0.39 is 0 Å². The van der Waals surface area contributed by atoms with Gasteiger partial charge in [0.15, 0.2) is 6.73 Å². The average molecular weight is 787 g/mol. The number of anilines is 2. The second-order valence-electron chi connectivity index (χ2n) is 15.5. The van der Waals surface area contributed by atoms with Gasteiger partial charge in [-0.3, -0.25) is 19.4 Å². The molecule has 2 aliphatic rings. The summed E-state index contributed by atoms with van der Waals surface area (Å²) in [6.07, 6.45) is 27.3. The SMILES string of the molecule is CCCCCCCCCCCCCCCCCCCCC(=O)OCN1C(=O)CCc2ccc(OCCCCN3CCN(c4cccc(Cl)c4Cl)CC3)cc21. The minimum atomic E-state index is -0.228. The fourth-order valence-electron chi connectivity index (χ4n) is 7.70. The molecule has 0 aliphatic carbocycles. The van der Waals surface area contributed by atoms with Gasteiger partial charge in [-0.15, -0.1) is 0 Å². The molecule has 0 saturated carbocycles. The van der Waals surface area contributed by atoms with Crippen LogP contribution in [-0.4, -0.2) is 62.8 Å². The van der Waals surface area contributed by atoms with Gasteiger partial charge in [0.25, 0.3) is 0 Å². The highest BCUT2D eigenvalue weighted by atomic mass is 35.5. The zero-order valence-corrected chi connectivity index (χ0v) is 34.9. The first-order chi connectivity index (χ1) is 26.5. The fourth-order valence-corrected chi connectivity index (χ4v) is 8.12. The second-order valence-corrected chi connectivity index (χ2v) is 16.3. The summed E-state index contributed by atoms with van der Waals surface area (Å²) in [4.78, 5) is 31.8. The van der Waals surface area contributed by atoms with Crippen LogP contribution >= 0.6 is 23.2 Å². The summed E-state index contributed by atoms with van der Waals surface area (Å²) in [7, 11) is 0. The van der Waals surface area contributed by atoms with E-state index in [2.05, 4.69) is 16.7 Å². The molecule has 0 spiro atoms. The number of halogens is 2. The number of aryl methyl sites for hydroxylation is 1. The summed E-state index contributed by atoms with van der Waals surface area (Å²) < 4.78 is 11.7. The van der Waals surface area contributed by atoms with Crippen LogP contribution in [0.4, 0.5) is 11.4 Å². The number of ether oxygens (including phenoxy) is 2. The Morgan fingerprint density at radius 1 is 0.685 bits per heavy atom. The minimum Gasteiger partial charge on any atom is -0.494 e. The summed E-state index contributed by atoms with van der Waals surface area (Å²) in [5.41, 5.74) is 2.89. The van der Waals surface area contributed by atoms with Gasteiger partial charge in [0.05, 0.1) is 28.0 Å². The van der Waals surface area contributed by atoms with Gasteiger partial charge in [0.2, 0.25) is 5.91 Å². The number of unbranched alkanes of at least 4 members (excludes halogenated alkanes) is 18. The highest BCUT2D eigenvalue weighted by Gasteiger charge is 2.26. The van der Waals surface area contributed by atoms with E-state index in [1.165, 1.54) is 103 Å². The van der Waals surface area contributed by atoms with E-state index in [0.29, 0.717) is 35.9 Å². The molecule has 2 heterocycles. The van der Waals surface area contributed by atoms with Crippen LogP contribution < -0.4 is 14.5 Å². The normalized spacial score (nSPS) is 14.8. The van der Waals surface area contributed by atoms with Gasteiger partial charge in [0.1, 0.15) is 5.75 Å². The Morgan fingerprint density at radius 3 is 1.93 bits per heavy atom. The maximum atomic E-state index is 12.9. The van der Waals surface area contributed by atoms with Crippen LogP contribution in [0.25, 0.3) is 0 Å². The number of esters is 1. The average Bonchev–Trinajstić information content (AvgIpc) is 3.18. The number of carbonyl (C=O) groups is 2. The van der Waals surface area contributed by atoms with Gasteiger partial charge in [-0.2, -0.15) is 0 Å². The van der Waals surface area contributed by atoms with Crippen molar-refractivity contribution >= 4 is 46.5 Å². The van der Waals surface area contributed by atoms with Gasteiger partial charge in [-0.1, -0.05) is 151 Å². The molecule has 302 valence electrons. The Labute approximate surface area is 337 Å². The first-order valence-electron chi connectivity index (χ1n) is 21.6. The Morgan fingerprint density at radius 2 is 1.30 bits per heavy atom. The van der Waals surface area contributed by atoms with E-state index in [9.17, 15) is 9.59 Å². The summed E-state index contributed by atoms with van der Waals surface area (Å²) in [5.74, 6) is 0.498. The Bertz CT molecular complexity index is 1370. The molecule has 4 rings (SSSR count). The molecule has 1 amide bonds. The molecule has 0 atom stereocenters. The molecule has 0 N–H and O–H groups in total. The van der Waals surface area contributed by atoms with E-state index in [4.69, 9.17) is 32.7 Å². The summed E-state index contributed by atoms with van der Waals surface area (Å²) in [5, 5.41) is 1.23. The van der Waals surface area contributed by atoms with E-state index in [1.54, 1.807) is 4.90 Å². The standard InChI is InChI=1S/C45H69Cl2N3O4/c1-2-3-4-5-6-7-8-9-10-11-12-13-14-15-16-17-18-19-25-44(52)54-37-50-42-36-39(28-26-38(42)27-29-43(50)51)53-35-21-20-30-48-31-33-49(34-32-48)41-24-22-23-40(46)45(41)47/h22-24,26,28,36H,2-21,25,27,29-35,37H2,1H3. The predicted molar refractivity (Wildman–Crippen MR) is 226 cm³/mol. The molecule has 0 aromatic heterocycles. The largest absolute Gasteiger partial charge is 0.494 e. The van der Waals surface area contributed by atoms with Crippen molar-refractivity contribution in [1.82, 2.24) is 4.90 Å². The van der Waals surface area contributed by atoms with Crippen molar-refractivity contribution in [3.63, 3.8) is 0 Å². The third kappa shape index (κ3) is 16.3. The molecule has 1 fully saturated rings. The lowest BCUT2D eigenvalue weighted by molar-refractivity contribution is -0.144. The highest BCUT2D eigenvalue weighted by Crippen LogP contribution is 2.34. The van der Waals surface area contributed by atoms with Crippen LogP contribution in [0.3, 0.4) is 0 Å². The number of hydrogen-bond acceptors (Lipinski definition) is 6. The first kappa shape index (κ1) is 44.2. The maximum Gasteiger partial charge on any atom is 0.307 e. The topological polar surface area (TPSA) is 62.3 Å². The molecule has 0 unspecified atom stereocenters. The van der Waals surface area contributed by atoms with Crippen molar-refractivity contribution in [3.8, 4) is 5.75 Å². The lowest BCUT2D eigenvalue weighted by atomic mass is 10.0. The molecule has 0 bridgehead atoms. The van der Waals surface area contributed by atoms with Crippen molar-refractivity contribution < 1.29 is 19.1 Å². The van der Waals surface area contributed by atoms with Crippen LogP contribution in [0.5, 0.6) is 5.75 Å². The third-order valence-electron chi connectivity index (χ3n) is 11.1. The van der Waals surface area contributed by atoms with Gasteiger partial charge in [-0.25, -0.2) is 0 Å². The summed E-state index contributed by atoms with van der Waals surface area (Å²) in [6.45, 7) is 7.71. The number of nitrogens with zero attached hydrogens (tertiary/aromatic N) is 3. The Kier molecular flexibility index (Phi) is 21.6. The van der Waals surface area contributed by atoms with Gasteiger partial charge >= 0.3 is 5.97 Å². The Balaban J connectivity index is 1.01. The molecule has 0 radical (unpaired) electrons. The number of rotatable bonds is 28. The van der Waals surface area contributed by atoms with Crippen LogP contribution in [0.15, 0.2) is 36.4 Å². The lowest BCUT2D eigenvalue weighted by Gasteiger charge is -2.36. The van der Waals surface area contributed by atoms with Gasteiger partial charge in [0, 0.05) is 45.1 Å². The van der Waals surface area contributed by atoms with E-state index in [-0.39, 0.29) is 18.6 Å². The van der Waals surface area contributed by atoms with E-state index in [0.717, 1.165) is 81.1 Å². The number of benzene rings is 2. The first-order valence-corrected chi connectivity index (χ1v) is 22.3. The van der Waals surface area contributed by atoms with Crippen molar-refractivity contribution in [1.29, 1.82) is 0 Å². The zero-order chi connectivity index (χ0) is 38.2. The lowest BCUT2D eigenvalue weighted by Crippen LogP contribution is -2.46. The number of fused-ring (bicyclic) bond motifs is 1. The fraction of sp³-hybridized carbons (Fsp3) is 0.689. The zero-order valence-electron chi connectivity index (χ0n) is 33.4. The number of carbonyl (C=O) groups excluding carboxylic acids is 2. The summed E-state index contributed by atoms with van der Waals surface area (Å²) >= 11 is 12.7. The summed E-state index contributed by atoms with van der Waals surface area (Å²) in [6, 6.07) is 11.8. The van der Waals surface area contributed by atoms with Crippen LogP contribution in [0, 0.1) is 0 Å². The molecular formula is C45H69Cl2N3O4. The number of piperazine rings is 1. The molecular weight excluding hydrogens is 717 g/mol. The minimum absolute atomic E-state index is 0.0154. The molecule has 9 heteroatoms. The van der Waals surface area contributed by atoms with Crippen molar-refractivity contribution in [2.75, 3.05) is 55.9 Å². The van der Waals surface area contributed by atoms with Crippen molar-refractivity contribution in [2.45, 2.75) is 155 Å². The van der Waals surface area contributed by atoms with Crippen molar-refractivity contribution in [2.24, 2.45) is 0 Å². The molecule has 2 aliphatic heterocycles. The molecule has 54 heavy (non-hydrogen) atoms. The monoisotopic (exact) mass is 785 g/mol. The van der Waals surface area contributed by atoms with Crippen LogP contribution in [0.1, 0.15) is 154 Å². The predicted octanol–water partition coefficient (Wildman–Crippen LogP) is 12.2. The smallest absolute Gasteiger partial charge is 0.307 e. The quantitative estimate of drug-likeness (QED) is 0.0632. The maximum absolute atomic E-state index is 12.9. The molecule has 2 aromatic carbocycles. The van der Waals surface area contributed by atoms with E-state index in [1.807, 2.05) is 36.4 Å². The number of amides is 1. The van der Waals surface area contributed by atoms with Crippen LogP contribution in [-0.2, 0) is 20.7 Å². The van der Waals surface area contributed by atoms with Crippen LogP contribution in [0.2, 0.25) is 10.0 Å². The molecule has 2 aromatic rings. The van der Waals surface area contributed by atoms with Crippen molar-refractivity contribution in [3.05, 3.63) is 52.0 Å².